The first kappa shape index (κ1) is 20.3. The highest BCUT2D eigenvalue weighted by Crippen LogP contribution is 2.21. The number of hydrogen-bond acceptors (Lipinski definition) is 4. The van der Waals surface area contributed by atoms with Crippen molar-refractivity contribution in [1.29, 1.82) is 5.26 Å². The molecule has 0 radical (unpaired) electrons. The lowest BCUT2D eigenvalue weighted by Gasteiger charge is -2.22. The van der Waals surface area contributed by atoms with Crippen molar-refractivity contribution in [2.75, 3.05) is 18.1 Å². The van der Waals surface area contributed by atoms with Crippen molar-refractivity contribution in [3.8, 4) is 6.07 Å². The predicted octanol–water partition coefficient (Wildman–Crippen LogP) is 4.03. The number of halogens is 3. The van der Waals surface area contributed by atoms with Crippen LogP contribution in [0.3, 0.4) is 0 Å². The molecule has 140 valence electrons. The van der Waals surface area contributed by atoms with Gasteiger partial charge in [0.15, 0.2) is 18.2 Å². The van der Waals surface area contributed by atoms with Crippen molar-refractivity contribution in [3.05, 3.63) is 64.2 Å². The lowest BCUT2D eigenvalue weighted by Crippen LogP contribution is -2.35. The first-order valence-corrected chi connectivity index (χ1v) is 8.27. The van der Waals surface area contributed by atoms with Crippen LogP contribution in [0.5, 0.6) is 0 Å². The molecule has 1 amide bonds. The summed E-state index contributed by atoms with van der Waals surface area (Å²) in [7, 11) is 0. The number of carbonyl (C=O) groups excluding carboxylic acids is 2. The molecule has 2 aromatic carbocycles. The van der Waals surface area contributed by atoms with Crippen LogP contribution in [0.4, 0.5) is 14.5 Å². The molecule has 0 heterocycles. The van der Waals surface area contributed by atoms with Gasteiger partial charge in [0, 0.05) is 12.2 Å². The Hall–Kier alpha value is -2.98. The highest BCUT2D eigenvalue weighted by atomic mass is 35.5. The van der Waals surface area contributed by atoms with Gasteiger partial charge in [-0.2, -0.15) is 5.26 Å². The van der Waals surface area contributed by atoms with Crippen molar-refractivity contribution in [2.24, 2.45) is 0 Å². The van der Waals surface area contributed by atoms with Crippen molar-refractivity contribution in [2.45, 2.75) is 13.3 Å². The number of nitrogens with zero attached hydrogens (tertiary/aromatic N) is 2. The summed E-state index contributed by atoms with van der Waals surface area (Å²) >= 11 is 5.71. The molecule has 0 aliphatic rings. The number of carbonyl (C=O) groups is 2. The number of ether oxygens (including phenoxy) is 1. The molecular formula is C19H15ClF2N2O3. The molecule has 5 nitrogen and oxygen atoms in total. The van der Waals surface area contributed by atoms with E-state index in [0.29, 0.717) is 17.8 Å². The largest absolute Gasteiger partial charge is 0.452 e. The summed E-state index contributed by atoms with van der Waals surface area (Å²) in [6, 6.07) is 10.2. The zero-order valence-corrected chi connectivity index (χ0v) is 15.1. The predicted molar refractivity (Wildman–Crippen MR) is 95.4 cm³/mol. The average Bonchev–Trinajstić information content (AvgIpc) is 2.64. The molecule has 2 rings (SSSR count). The molecule has 0 atom stereocenters. The van der Waals surface area contributed by atoms with E-state index >= 15 is 0 Å². The Balaban J connectivity index is 2.11. The van der Waals surface area contributed by atoms with E-state index < -0.39 is 30.1 Å². The zero-order valence-electron chi connectivity index (χ0n) is 14.3. The molecule has 0 N–H and O–H groups in total. The second kappa shape index (κ2) is 9.10. The fraction of sp³-hybridized carbons (Fsp3) is 0.211. The van der Waals surface area contributed by atoms with E-state index in [1.165, 1.54) is 4.90 Å². The Bertz CT molecular complexity index is 895. The van der Waals surface area contributed by atoms with Gasteiger partial charge in [-0.25, -0.2) is 13.6 Å². The van der Waals surface area contributed by atoms with Crippen LogP contribution in [0, 0.1) is 29.9 Å². The molecule has 0 aliphatic carbocycles. The number of aryl methyl sites for hydroxylation is 1. The number of anilines is 1. The second-order valence-corrected chi connectivity index (χ2v) is 6.02. The van der Waals surface area contributed by atoms with Crippen molar-refractivity contribution >= 4 is 29.2 Å². The van der Waals surface area contributed by atoms with Gasteiger partial charge in [-0.3, -0.25) is 4.79 Å². The summed E-state index contributed by atoms with van der Waals surface area (Å²) in [6.07, 6.45) is 0.0859. The highest BCUT2D eigenvalue weighted by Gasteiger charge is 2.20. The van der Waals surface area contributed by atoms with Gasteiger partial charge in [0.05, 0.1) is 23.1 Å². The molecular weight excluding hydrogens is 378 g/mol. The Kier molecular flexibility index (Phi) is 6.85. The number of hydrogen-bond donors (Lipinski definition) is 0. The Morgan fingerprint density at radius 1 is 1.19 bits per heavy atom. The number of benzene rings is 2. The van der Waals surface area contributed by atoms with Crippen LogP contribution in [0.25, 0.3) is 0 Å². The number of esters is 1. The molecule has 0 fully saturated rings. The van der Waals surface area contributed by atoms with Gasteiger partial charge in [0.1, 0.15) is 0 Å². The Morgan fingerprint density at radius 2 is 1.81 bits per heavy atom. The maximum absolute atomic E-state index is 13.3. The third-order valence-corrected chi connectivity index (χ3v) is 3.96. The van der Waals surface area contributed by atoms with Crippen LogP contribution >= 0.6 is 11.6 Å². The van der Waals surface area contributed by atoms with Crippen LogP contribution in [-0.2, 0) is 9.53 Å². The summed E-state index contributed by atoms with van der Waals surface area (Å²) in [6.45, 7) is 1.36. The fourth-order valence-corrected chi connectivity index (χ4v) is 2.47. The Labute approximate surface area is 159 Å². The number of rotatable bonds is 6. The molecule has 8 heteroatoms. The van der Waals surface area contributed by atoms with Crippen molar-refractivity contribution in [3.63, 3.8) is 0 Å². The normalized spacial score (nSPS) is 10.2. The van der Waals surface area contributed by atoms with E-state index in [9.17, 15) is 18.4 Å². The first-order valence-electron chi connectivity index (χ1n) is 7.89. The van der Waals surface area contributed by atoms with E-state index in [2.05, 4.69) is 0 Å². The molecule has 0 aliphatic heterocycles. The van der Waals surface area contributed by atoms with Crippen LogP contribution in [0.15, 0.2) is 36.4 Å². The molecule has 0 saturated heterocycles. The Morgan fingerprint density at radius 3 is 2.44 bits per heavy atom. The van der Waals surface area contributed by atoms with Crippen molar-refractivity contribution < 1.29 is 23.1 Å². The molecule has 27 heavy (non-hydrogen) atoms. The van der Waals surface area contributed by atoms with Crippen LogP contribution < -0.4 is 4.90 Å². The number of amides is 1. The summed E-state index contributed by atoms with van der Waals surface area (Å²) in [5.74, 6) is -4.08. The summed E-state index contributed by atoms with van der Waals surface area (Å²) in [5, 5.41) is 8.45. The summed E-state index contributed by atoms with van der Waals surface area (Å²) in [5.41, 5.74) is 1.15. The van der Waals surface area contributed by atoms with Gasteiger partial charge in [0.2, 0.25) is 0 Å². The first-order chi connectivity index (χ1) is 12.8. The van der Waals surface area contributed by atoms with Crippen LogP contribution in [0.2, 0.25) is 5.02 Å². The van der Waals surface area contributed by atoms with Crippen LogP contribution in [0.1, 0.15) is 22.3 Å². The summed E-state index contributed by atoms with van der Waals surface area (Å²) < 4.78 is 31.3. The van der Waals surface area contributed by atoms with E-state index in [0.717, 1.165) is 5.56 Å². The van der Waals surface area contributed by atoms with Gasteiger partial charge >= 0.3 is 5.97 Å². The monoisotopic (exact) mass is 392 g/mol. The molecule has 2 aromatic rings. The quantitative estimate of drug-likeness (QED) is 0.549. The van der Waals surface area contributed by atoms with Gasteiger partial charge in [-0.05, 0) is 31.2 Å². The lowest BCUT2D eigenvalue weighted by atomic mass is 10.2. The molecule has 0 unspecified atom stereocenters. The third kappa shape index (κ3) is 5.25. The van der Waals surface area contributed by atoms with Gasteiger partial charge < -0.3 is 9.64 Å². The topological polar surface area (TPSA) is 70.4 Å². The fourth-order valence-electron chi connectivity index (χ4n) is 2.25. The maximum atomic E-state index is 13.3. The van der Waals surface area contributed by atoms with Gasteiger partial charge in [-0.1, -0.05) is 29.3 Å². The maximum Gasteiger partial charge on any atom is 0.340 e. The minimum atomic E-state index is -1.26. The second-order valence-electron chi connectivity index (χ2n) is 5.61. The lowest BCUT2D eigenvalue weighted by molar-refractivity contribution is -0.121. The van der Waals surface area contributed by atoms with E-state index in [1.54, 1.807) is 24.3 Å². The molecule has 0 aromatic heterocycles. The van der Waals surface area contributed by atoms with Crippen LogP contribution in [-0.4, -0.2) is 25.0 Å². The van der Waals surface area contributed by atoms with E-state index in [1.807, 2.05) is 13.0 Å². The highest BCUT2D eigenvalue weighted by molar-refractivity contribution is 6.33. The van der Waals surface area contributed by atoms with Gasteiger partial charge in [-0.15, -0.1) is 0 Å². The average molecular weight is 393 g/mol. The SMILES string of the molecule is Cc1ccc(N(CCC#N)C(=O)COC(=O)c2cc(F)c(F)cc2Cl)cc1. The minimum Gasteiger partial charge on any atom is -0.452 e. The molecule has 0 saturated carbocycles. The minimum absolute atomic E-state index is 0.0859. The van der Waals surface area contributed by atoms with Crippen molar-refractivity contribution in [1.82, 2.24) is 0 Å². The molecule has 0 spiro atoms. The zero-order chi connectivity index (χ0) is 20.0. The number of nitriles is 1. The smallest absolute Gasteiger partial charge is 0.340 e. The standard InChI is InChI=1S/C19H15ClF2N2O3/c1-12-3-5-13(6-4-12)24(8-2-7-23)18(25)11-27-19(26)14-9-16(21)17(22)10-15(14)20/h3-6,9-10H,2,8,11H2,1H3. The third-order valence-electron chi connectivity index (χ3n) is 3.65. The van der Waals surface area contributed by atoms with Gasteiger partial charge in [0.25, 0.3) is 5.91 Å². The van der Waals surface area contributed by atoms with E-state index in [-0.39, 0.29) is 23.6 Å². The summed E-state index contributed by atoms with van der Waals surface area (Å²) in [4.78, 5) is 25.8. The molecule has 0 bridgehead atoms. The van der Waals surface area contributed by atoms with E-state index in [4.69, 9.17) is 21.6 Å².